The van der Waals surface area contributed by atoms with E-state index in [0.717, 1.165) is 5.69 Å². The van der Waals surface area contributed by atoms with Crippen LogP contribution in [0.5, 0.6) is 0 Å². The van der Waals surface area contributed by atoms with Crippen molar-refractivity contribution in [3.8, 4) is 0 Å². The Hall–Kier alpha value is -2.56. The molecule has 1 heterocycles. The second-order valence-corrected chi connectivity index (χ2v) is 5.90. The number of anilines is 1. The minimum absolute atomic E-state index is 0.186. The lowest BCUT2D eigenvalue weighted by molar-refractivity contribution is -0.136. The fourth-order valence-electron chi connectivity index (χ4n) is 2.42. The van der Waals surface area contributed by atoms with Gasteiger partial charge in [-0.2, -0.15) is 0 Å². The maximum Gasteiger partial charge on any atom is 0.311 e. The summed E-state index contributed by atoms with van der Waals surface area (Å²) in [5.41, 5.74) is 2.90. The van der Waals surface area contributed by atoms with Gasteiger partial charge in [-0.05, 0) is 30.5 Å². The molecule has 0 aliphatic rings. The molecule has 0 unspecified atom stereocenters. The molecule has 23 heavy (non-hydrogen) atoms. The van der Waals surface area contributed by atoms with Gasteiger partial charge in [-0.25, -0.2) is 0 Å². The molecular weight excluding hydrogens is 294 g/mol. The van der Waals surface area contributed by atoms with E-state index in [4.69, 9.17) is 9.52 Å². The highest BCUT2D eigenvalue weighted by Crippen LogP contribution is 2.24. The molecule has 1 aromatic carbocycles. The molecule has 2 aromatic rings. The van der Waals surface area contributed by atoms with E-state index in [-0.39, 0.29) is 18.1 Å². The standard InChI is InChI=1S/C18H21NO4/c1-11(2)13-5-7-14(8-6-13)19(4)18(22)17-12(3)10-23-15(17)9-16(20)21/h5-8,10-11H,9H2,1-4H3,(H,20,21). The topological polar surface area (TPSA) is 70.7 Å². The van der Waals surface area contributed by atoms with Crippen LogP contribution >= 0.6 is 0 Å². The van der Waals surface area contributed by atoms with Crippen LogP contribution in [-0.2, 0) is 11.2 Å². The number of rotatable bonds is 5. The Labute approximate surface area is 135 Å². The fraction of sp³-hybridized carbons (Fsp3) is 0.333. The average Bonchev–Trinajstić information content (AvgIpc) is 2.85. The molecule has 5 nitrogen and oxygen atoms in total. The van der Waals surface area contributed by atoms with Gasteiger partial charge in [0.2, 0.25) is 0 Å². The first-order valence-corrected chi connectivity index (χ1v) is 7.48. The molecule has 5 heteroatoms. The number of hydrogen-bond acceptors (Lipinski definition) is 3. The van der Waals surface area contributed by atoms with Crippen LogP contribution in [0, 0.1) is 6.92 Å². The number of carbonyl (C=O) groups excluding carboxylic acids is 1. The highest BCUT2D eigenvalue weighted by atomic mass is 16.4. The van der Waals surface area contributed by atoms with Crippen LogP contribution in [0.2, 0.25) is 0 Å². The number of nitrogens with zero attached hydrogens (tertiary/aromatic N) is 1. The Bertz CT molecular complexity index is 713. The normalized spacial score (nSPS) is 10.8. The number of benzene rings is 1. The van der Waals surface area contributed by atoms with Crippen molar-refractivity contribution in [2.24, 2.45) is 0 Å². The SMILES string of the molecule is Cc1coc(CC(=O)O)c1C(=O)N(C)c1ccc(C(C)C)cc1. The van der Waals surface area contributed by atoms with Gasteiger partial charge in [0.1, 0.15) is 12.2 Å². The quantitative estimate of drug-likeness (QED) is 0.915. The van der Waals surface area contributed by atoms with E-state index in [2.05, 4.69) is 13.8 Å². The summed E-state index contributed by atoms with van der Waals surface area (Å²) in [5.74, 6) is -0.698. The molecular formula is C18H21NO4. The van der Waals surface area contributed by atoms with Crippen molar-refractivity contribution in [3.63, 3.8) is 0 Å². The van der Waals surface area contributed by atoms with Crippen molar-refractivity contribution < 1.29 is 19.1 Å². The first kappa shape index (κ1) is 16.8. The molecule has 0 saturated carbocycles. The summed E-state index contributed by atoms with van der Waals surface area (Å²) >= 11 is 0. The molecule has 0 aliphatic carbocycles. The van der Waals surface area contributed by atoms with E-state index in [9.17, 15) is 9.59 Å². The van der Waals surface area contributed by atoms with Crippen LogP contribution in [-0.4, -0.2) is 24.0 Å². The van der Waals surface area contributed by atoms with Crippen LogP contribution in [0.4, 0.5) is 5.69 Å². The van der Waals surface area contributed by atoms with Gasteiger partial charge < -0.3 is 14.4 Å². The highest BCUT2D eigenvalue weighted by Gasteiger charge is 2.24. The maximum absolute atomic E-state index is 12.7. The average molecular weight is 315 g/mol. The number of furan rings is 1. The Morgan fingerprint density at radius 2 is 1.83 bits per heavy atom. The van der Waals surface area contributed by atoms with E-state index >= 15 is 0 Å². The Balaban J connectivity index is 2.29. The summed E-state index contributed by atoms with van der Waals surface area (Å²) < 4.78 is 5.24. The van der Waals surface area contributed by atoms with Gasteiger partial charge in [0.05, 0.1) is 11.8 Å². The monoisotopic (exact) mass is 315 g/mol. The predicted octanol–water partition coefficient (Wildman–Crippen LogP) is 3.62. The maximum atomic E-state index is 12.7. The predicted molar refractivity (Wildman–Crippen MR) is 88.0 cm³/mol. The lowest BCUT2D eigenvalue weighted by Gasteiger charge is -2.18. The zero-order valence-electron chi connectivity index (χ0n) is 13.8. The molecule has 0 atom stereocenters. The number of aliphatic carboxylic acids is 1. The summed E-state index contributed by atoms with van der Waals surface area (Å²) in [6.45, 7) is 5.95. The summed E-state index contributed by atoms with van der Waals surface area (Å²) in [5, 5.41) is 8.94. The molecule has 0 fully saturated rings. The summed E-state index contributed by atoms with van der Waals surface area (Å²) in [4.78, 5) is 25.1. The van der Waals surface area contributed by atoms with E-state index < -0.39 is 5.97 Å². The number of amides is 1. The van der Waals surface area contributed by atoms with Crippen molar-refractivity contribution in [1.82, 2.24) is 0 Å². The zero-order chi connectivity index (χ0) is 17.1. The second-order valence-electron chi connectivity index (χ2n) is 5.90. The van der Waals surface area contributed by atoms with Gasteiger partial charge in [0, 0.05) is 18.3 Å². The third-order valence-corrected chi connectivity index (χ3v) is 3.83. The number of carboxylic acid groups (broad SMARTS) is 1. The van der Waals surface area contributed by atoms with Crippen molar-refractivity contribution in [2.75, 3.05) is 11.9 Å². The summed E-state index contributed by atoms with van der Waals surface area (Å²) in [6, 6.07) is 7.76. The van der Waals surface area contributed by atoms with Crippen LogP contribution in [0.15, 0.2) is 34.9 Å². The van der Waals surface area contributed by atoms with Crippen molar-refractivity contribution in [1.29, 1.82) is 0 Å². The molecule has 0 bridgehead atoms. The van der Waals surface area contributed by atoms with Crippen LogP contribution in [0.3, 0.4) is 0 Å². The minimum Gasteiger partial charge on any atom is -0.481 e. The van der Waals surface area contributed by atoms with Gasteiger partial charge in [-0.1, -0.05) is 26.0 Å². The third-order valence-electron chi connectivity index (χ3n) is 3.83. The highest BCUT2D eigenvalue weighted by molar-refractivity contribution is 6.07. The molecule has 1 amide bonds. The van der Waals surface area contributed by atoms with Gasteiger partial charge in [0.15, 0.2) is 0 Å². The van der Waals surface area contributed by atoms with E-state index in [1.165, 1.54) is 16.7 Å². The number of hydrogen-bond donors (Lipinski definition) is 1. The van der Waals surface area contributed by atoms with E-state index in [0.29, 0.717) is 17.0 Å². The molecule has 0 radical (unpaired) electrons. The molecule has 1 N–H and O–H groups in total. The van der Waals surface area contributed by atoms with Gasteiger partial charge in [0.25, 0.3) is 5.91 Å². The second kappa shape index (κ2) is 6.69. The van der Waals surface area contributed by atoms with Crippen LogP contribution in [0.1, 0.15) is 47.0 Å². The molecule has 0 saturated heterocycles. The molecule has 1 aromatic heterocycles. The fourth-order valence-corrected chi connectivity index (χ4v) is 2.42. The van der Waals surface area contributed by atoms with Crippen molar-refractivity contribution >= 4 is 17.6 Å². The van der Waals surface area contributed by atoms with E-state index in [1.807, 2.05) is 24.3 Å². The molecule has 2 rings (SSSR count). The van der Waals surface area contributed by atoms with Crippen molar-refractivity contribution in [2.45, 2.75) is 33.1 Å². The smallest absolute Gasteiger partial charge is 0.311 e. The minimum atomic E-state index is -1.03. The van der Waals surface area contributed by atoms with Gasteiger partial charge in [-0.3, -0.25) is 9.59 Å². The number of aryl methyl sites for hydroxylation is 1. The first-order valence-electron chi connectivity index (χ1n) is 7.48. The zero-order valence-corrected chi connectivity index (χ0v) is 13.8. The molecule has 0 aliphatic heterocycles. The third kappa shape index (κ3) is 3.62. The Morgan fingerprint density at radius 1 is 1.22 bits per heavy atom. The number of carboxylic acids is 1. The molecule has 0 spiro atoms. The van der Waals surface area contributed by atoms with E-state index in [1.54, 1.807) is 14.0 Å². The van der Waals surface area contributed by atoms with Crippen LogP contribution in [0.25, 0.3) is 0 Å². The largest absolute Gasteiger partial charge is 0.481 e. The lowest BCUT2D eigenvalue weighted by Crippen LogP contribution is -2.27. The lowest BCUT2D eigenvalue weighted by atomic mass is 10.0. The summed E-state index contributed by atoms with van der Waals surface area (Å²) in [7, 11) is 1.67. The summed E-state index contributed by atoms with van der Waals surface area (Å²) in [6.07, 6.45) is 1.11. The Kier molecular flexibility index (Phi) is 4.89. The van der Waals surface area contributed by atoms with Crippen molar-refractivity contribution in [3.05, 3.63) is 53.0 Å². The first-order chi connectivity index (χ1) is 10.8. The van der Waals surface area contributed by atoms with Crippen LogP contribution < -0.4 is 4.90 Å². The van der Waals surface area contributed by atoms with Gasteiger partial charge in [-0.15, -0.1) is 0 Å². The Morgan fingerprint density at radius 3 is 2.35 bits per heavy atom. The molecule has 122 valence electrons. The van der Waals surface area contributed by atoms with Gasteiger partial charge >= 0.3 is 5.97 Å². The number of carbonyl (C=O) groups is 2.